The lowest BCUT2D eigenvalue weighted by molar-refractivity contribution is -0.153. The molecule has 2 heterocycles. The van der Waals surface area contributed by atoms with E-state index >= 15 is 0 Å². The quantitative estimate of drug-likeness (QED) is 0.401. The Hall–Kier alpha value is -3.63. The lowest BCUT2D eigenvalue weighted by Crippen LogP contribution is -2.26. The molecule has 0 aliphatic heterocycles. The Morgan fingerprint density at radius 3 is 2.31 bits per heavy atom. The molecule has 0 spiro atoms. The first kappa shape index (κ1) is 23.0. The van der Waals surface area contributed by atoms with Crippen LogP contribution < -0.4 is 10.3 Å². The molecule has 0 atom stereocenters. The van der Waals surface area contributed by atoms with Gasteiger partial charge in [-0.3, -0.25) is 19.1 Å². The maximum absolute atomic E-state index is 12.8. The number of carbonyl (C=O) groups excluding carboxylic acids is 1. The van der Waals surface area contributed by atoms with Gasteiger partial charge in [-0.1, -0.05) is 18.2 Å². The summed E-state index contributed by atoms with van der Waals surface area (Å²) in [5.41, 5.74) is -2.08. The number of alkyl halides is 6. The average molecular weight is 456 g/mol. The molecule has 1 aromatic carbocycles. The third-order valence-electron chi connectivity index (χ3n) is 4.24. The zero-order valence-corrected chi connectivity index (χ0v) is 16.1. The Balaban J connectivity index is 1.88. The summed E-state index contributed by atoms with van der Waals surface area (Å²) in [5.74, 6) is -0.914. The van der Waals surface area contributed by atoms with E-state index in [1.165, 1.54) is 42.6 Å². The molecule has 0 radical (unpaired) electrons. The number of aromatic nitrogens is 2. The van der Waals surface area contributed by atoms with E-state index in [9.17, 15) is 35.9 Å². The van der Waals surface area contributed by atoms with Gasteiger partial charge in [-0.05, 0) is 35.9 Å². The molecule has 11 heteroatoms. The summed E-state index contributed by atoms with van der Waals surface area (Å²) in [6, 6.07) is 9.86. The van der Waals surface area contributed by atoms with Crippen LogP contribution in [0.25, 0.3) is 5.69 Å². The lowest BCUT2D eigenvalue weighted by atomic mass is 10.1. The molecule has 3 rings (SSSR count). The number of halogens is 6. The number of Topliss-reactive ketones (excluding diaryl/α,β-unsaturated/α-hetero) is 1. The summed E-state index contributed by atoms with van der Waals surface area (Å²) in [4.78, 5) is 28.7. The first-order valence-electron chi connectivity index (χ1n) is 9.01. The molecule has 0 N–H and O–H groups in total. The number of ether oxygens (including phenoxy) is 1. The van der Waals surface area contributed by atoms with Crippen molar-refractivity contribution in [2.45, 2.75) is 18.8 Å². The molecule has 0 unspecified atom stereocenters. The second-order valence-electron chi connectivity index (χ2n) is 6.62. The molecule has 0 bridgehead atoms. The van der Waals surface area contributed by atoms with Crippen molar-refractivity contribution in [3.05, 3.63) is 88.1 Å². The van der Waals surface area contributed by atoms with Crippen LogP contribution in [0.15, 0.2) is 65.7 Å². The Labute approximate surface area is 176 Å². The van der Waals surface area contributed by atoms with E-state index < -0.39 is 42.4 Å². The Bertz CT molecular complexity index is 1170. The standard InChI is InChI=1S/C21H14F6N2O3/c22-20(23,24)12-32-17-6-2-1-5-15(17)29-9-3-4-14(19(29)31)16(30)10-13-7-8-18(28-11-13)21(25,26)27/h1-9,11H,10,12H2. The minimum atomic E-state index is -4.63. The molecule has 0 saturated heterocycles. The zero-order chi connectivity index (χ0) is 23.5. The van der Waals surface area contributed by atoms with E-state index in [4.69, 9.17) is 4.74 Å². The summed E-state index contributed by atoms with van der Waals surface area (Å²) in [5, 5.41) is 0. The van der Waals surface area contributed by atoms with Crippen molar-refractivity contribution in [1.29, 1.82) is 0 Å². The topological polar surface area (TPSA) is 61.2 Å². The number of pyridine rings is 2. The monoisotopic (exact) mass is 456 g/mol. The third-order valence-corrected chi connectivity index (χ3v) is 4.24. The fourth-order valence-corrected chi connectivity index (χ4v) is 2.81. The number of benzene rings is 1. The van der Waals surface area contributed by atoms with E-state index in [2.05, 4.69) is 4.98 Å². The van der Waals surface area contributed by atoms with Crippen molar-refractivity contribution in [2.75, 3.05) is 6.61 Å². The van der Waals surface area contributed by atoms with Gasteiger partial charge in [-0.2, -0.15) is 26.3 Å². The van der Waals surface area contributed by atoms with E-state index in [-0.39, 0.29) is 22.6 Å². The van der Waals surface area contributed by atoms with Crippen LogP contribution >= 0.6 is 0 Å². The molecular formula is C21H14F6N2O3. The largest absolute Gasteiger partial charge is 0.482 e. The second-order valence-corrected chi connectivity index (χ2v) is 6.62. The SMILES string of the molecule is O=C(Cc1ccc(C(F)(F)F)nc1)c1cccn(-c2ccccc2OCC(F)(F)F)c1=O. The number of para-hydroxylation sites is 2. The van der Waals surface area contributed by atoms with Crippen molar-refractivity contribution in [3.8, 4) is 11.4 Å². The van der Waals surface area contributed by atoms with E-state index in [1.807, 2.05) is 0 Å². The summed E-state index contributed by atoms with van der Waals surface area (Å²) in [6.07, 6.45) is -7.46. The highest BCUT2D eigenvalue weighted by molar-refractivity contribution is 5.97. The normalized spacial score (nSPS) is 11.9. The van der Waals surface area contributed by atoms with Gasteiger partial charge in [-0.25, -0.2) is 0 Å². The van der Waals surface area contributed by atoms with Gasteiger partial charge in [0, 0.05) is 18.8 Å². The molecule has 168 valence electrons. The number of carbonyl (C=O) groups is 1. The molecule has 0 fully saturated rings. The lowest BCUT2D eigenvalue weighted by Gasteiger charge is -2.15. The van der Waals surface area contributed by atoms with Crippen LogP contribution in [0.1, 0.15) is 21.6 Å². The first-order chi connectivity index (χ1) is 15.0. The molecule has 2 aromatic heterocycles. The van der Waals surface area contributed by atoms with Gasteiger partial charge < -0.3 is 4.74 Å². The van der Waals surface area contributed by atoms with E-state index in [1.54, 1.807) is 0 Å². The maximum atomic E-state index is 12.8. The smallest absolute Gasteiger partial charge is 0.433 e. The summed E-state index contributed by atoms with van der Waals surface area (Å²) in [7, 11) is 0. The van der Waals surface area contributed by atoms with Crippen LogP contribution in [0.2, 0.25) is 0 Å². The van der Waals surface area contributed by atoms with Crippen LogP contribution in [-0.2, 0) is 12.6 Å². The van der Waals surface area contributed by atoms with Crippen LogP contribution in [0, 0.1) is 0 Å². The van der Waals surface area contributed by atoms with Crippen molar-refractivity contribution < 1.29 is 35.9 Å². The highest BCUT2D eigenvalue weighted by Crippen LogP contribution is 2.27. The van der Waals surface area contributed by atoms with E-state index in [0.29, 0.717) is 0 Å². The predicted molar refractivity (Wildman–Crippen MR) is 101 cm³/mol. The van der Waals surface area contributed by atoms with Crippen LogP contribution in [0.5, 0.6) is 5.75 Å². The van der Waals surface area contributed by atoms with E-state index in [0.717, 1.165) is 22.9 Å². The second kappa shape index (κ2) is 8.85. The number of nitrogens with zero attached hydrogens (tertiary/aromatic N) is 2. The van der Waals surface area contributed by atoms with Crippen molar-refractivity contribution in [3.63, 3.8) is 0 Å². The molecule has 3 aromatic rings. The summed E-state index contributed by atoms with van der Waals surface area (Å²) >= 11 is 0. The van der Waals surface area contributed by atoms with Gasteiger partial charge >= 0.3 is 12.4 Å². The summed E-state index contributed by atoms with van der Waals surface area (Å²) in [6.45, 7) is -1.57. The van der Waals surface area contributed by atoms with Crippen molar-refractivity contribution in [2.24, 2.45) is 0 Å². The summed E-state index contributed by atoms with van der Waals surface area (Å²) < 4.78 is 81.1. The third kappa shape index (κ3) is 5.54. The molecule has 0 saturated carbocycles. The first-order valence-corrected chi connectivity index (χ1v) is 9.01. The fourth-order valence-electron chi connectivity index (χ4n) is 2.81. The van der Waals surface area contributed by atoms with Crippen molar-refractivity contribution >= 4 is 5.78 Å². The highest BCUT2D eigenvalue weighted by atomic mass is 19.4. The number of hydrogen-bond donors (Lipinski definition) is 0. The van der Waals surface area contributed by atoms with Crippen LogP contribution in [0.3, 0.4) is 0 Å². The Kier molecular flexibility index (Phi) is 6.37. The molecule has 0 amide bonds. The minimum Gasteiger partial charge on any atom is -0.482 e. The molecule has 0 aliphatic rings. The van der Waals surface area contributed by atoms with Gasteiger partial charge in [0.2, 0.25) is 0 Å². The predicted octanol–water partition coefficient (Wildman–Crippen LogP) is 4.62. The Morgan fingerprint density at radius 1 is 0.969 bits per heavy atom. The number of hydrogen-bond acceptors (Lipinski definition) is 4. The molecule has 0 aliphatic carbocycles. The van der Waals surface area contributed by atoms with Crippen molar-refractivity contribution in [1.82, 2.24) is 9.55 Å². The minimum absolute atomic E-state index is 0.00685. The van der Waals surface area contributed by atoms with Gasteiger partial charge in [0.15, 0.2) is 12.4 Å². The molecular weight excluding hydrogens is 442 g/mol. The molecule has 32 heavy (non-hydrogen) atoms. The molecule has 5 nitrogen and oxygen atoms in total. The van der Waals surface area contributed by atoms with Gasteiger partial charge in [0.05, 0.1) is 11.3 Å². The number of ketones is 1. The average Bonchev–Trinajstić information content (AvgIpc) is 2.72. The van der Waals surface area contributed by atoms with Gasteiger partial charge in [-0.15, -0.1) is 0 Å². The van der Waals surface area contributed by atoms with Crippen LogP contribution in [0.4, 0.5) is 26.3 Å². The van der Waals surface area contributed by atoms with Crippen LogP contribution in [-0.4, -0.2) is 28.1 Å². The van der Waals surface area contributed by atoms with Gasteiger partial charge in [0.1, 0.15) is 11.4 Å². The Morgan fingerprint density at radius 2 is 1.69 bits per heavy atom. The highest BCUT2D eigenvalue weighted by Gasteiger charge is 2.32. The maximum Gasteiger partial charge on any atom is 0.433 e. The fraction of sp³-hybridized carbons (Fsp3) is 0.190. The zero-order valence-electron chi connectivity index (χ0n) is 16.1. The number of rotatable bonds is 6. The van der Waals surface area contributed by atoms with Gasteiger partial charge in [0.25, 0.3) is 5.56 Å².